The van der Waals surface area contributed by atoms with Crippen LogP contribution in [0, 0.1) is 5.82 Å². The molecule has 0 atom stereocenters. The number of ether oxygens (including phenoxy) is 2. The normalized spacial score (nSPS) is 10.6. The summed E-state index contributed by atoms with van der Waals surface area (Å²) in [4.78, 5) is 0. The maximum absolute atomic E-state index is 12.9. The zero-order valence-electron chi connectivity index (χ0n) is 13.4. The highest BCUT2D eigenvalue weighted by Crippen LogP contribution is 2.33. The molecule has 0 aliphatic heterocycles. The average molecular weight is 338 g/mol. The number of hydrogen-bond donors (Lipinski definition) is 1. The maximum Gasteiger partial charge on any atom is 0.162 e. The molecule has 0 heterocycles. The first kappa shape index (κ1) is 17.6. The molecule has 0 aliphatic rings. The smallest absolute Gasteiger partial charge is 0.162 e. The molecule has 0 saturated heterocycles. The van der Waals surface area contributed by atoms with E-state index in [9.17, 15) is 4.39 Å². The van der Waals surface area contributed by atoms with Crippen LogP contribution in [0.5, 0.6) is 11.5 Å². The molecule has 0 spiro atoms. The van der Waals surface area contributed by atoms with Crippen LogP contribution in [0.2, 0.25) is 5.02 Å². The lowest BCUT2D eigenvalue weighted by molar-refractivity contribution is 0.310. The van der Waals surface area contributed by atoms with Gasteiger partial charge >= 0.3 is 0 Å². The molecular formula is C18H21ClFNO2. The van der Waals surface area contributed by atoms with Crippen LogP contribution < -0.4 is 14.8 Å². The van der Waals surface area contributed by atoms with Gasteiger partial charge in [0.15, 0.2) is 11.5 Å². The van der Waals surface area contributed by atoms with Crippen molar-refractivity contribution in [1.82, 2.24) is 5.32 Å². The highest BCUT2D eigenvalue weighted by atomic mass is 35.5. The Balaban J connectivity index is 1.92. The van der Waals surface area contributed by atoms with Gasteiger partial charge in [-0.2, -0.15) is 0 Å². The number of methoxy groups -OCH3 is 1. The molecule has 0 radical (unpaired) electrons. The molecule has 0 amide bonds. The van der Waals surface area contributed by atoms with Crippen LogP contribution in [-0.2, 0) is 13.0 Å². The largest absolute Gasteiger partial charge is 0.493 e. The number of benzene rings is 2. The van der Waals surface area contributed by atoms with Gasteiger partial charge in [0.2, 0.25) is 0 Å². The number of hydrogen-bond acceptors (Lipinski definition) is 3. The zero-order chi connectivity index (χ0) is 16.7. The Kier molecular flexibility index (Phi) is 6.68. The van der Waals surface area contributed by atoms with Gasteiger partial charge in [0, 0.05) is 17.6 Å². The lowest BCUT2D eigenvalue weighted by Crippen LogP contribution is -2.17. The highest BCUT2D eigenvalue weighted by Gasteiger charge is 2.10. The molecule has 0 unspecified atom stereocenters. The second kappa shape index (κ2) is 8.75. The third-order valence-corrected chi connectivity index (χ3v) is 3.80. The van der Waals surface area contributed by atoms with E-state index in [0.29, 0.717) is 29.7 Å². The van der Waals surface area contributed by atoms with E-state index in [1.54, 1.807) is 25.3 Å². The van der Waals surface area contributed by atoms with Gasteiger partial charge in [0.25, 0.3) is 0 Å². The Morgan fingerprint density at radius 3 is 2.52 bits per heavy atom. The number of nitrogens with one attached hydrogen (secondary N) is 1. The predicted molar refractivity (Wildman–Crippen MR) is 91.0 cm³/mol. The van der Waals surface area contributed by atoms with Crippen molar-refractivity contribution in [2.75, 3.05) is 20.3 Å². The number of rotatable bonds is 8. The SMILES string of the molecule is CCOc1cc(CNCCc2ccc(F)cc2)c(Cl)cc1OC. The summed E-state index contributed by atoms with van der Waals surface area (Å²) in [7, 11) is 1.59. The molecule has 2 aromatic carbocycles. The van der Waals surface area contributed by atoms with Crippen molar-refractivity contribution >= 4 is 11.6 Å². The molecular weight excluding hydrogens is 317 g/mol. The molecule has 5 heteroatoms. The van der Waals surface area contributed by atoms with Crippen molar-refractivity contribution in [2.45, 2.75) is 19.9 Å². The van der Waals surface area contributed by atoms with Crippen molar-refractivity contribution < 1.29 is 13.9 Å². The monoisotopic (exact) mass is 337 g/mol. The summed E-state index contributed by atoms with van der Waals surface area (Å²) < 4.78 is 23.7. The molecule has 2 aromatic rings. The third kappa shape index (κ3) is 5.12. The average Bonchev–Trinajstić information content (AvgIpc) is 2.55. The lowest BCUT2D eigenvalue weighted by atomic mass is 10.1. The van der Waals surface area contributed by atoms with Gasteiger partial charge in [-0.05, 0) is 49.2 Å². The van der Waals surface area contributed by atoms with Crippen molar-refractivity contribution in [3.8, 4) is 11.5 Å². The van der Waals surface area contributed by atoms with Gasteiger partial charge in [0.05, 0.1) is 13.7 Å². The fraction of sp³-hybridized carbons (Fsp3) is 0.333. The molecule has 0 bridgehead atoms. The van der Waals surface area contributed by atoms with Crippen LogP contribution in [0.25, 0.3) is 0 Å². The minimum Gasteiger partial charge on any atom is -0.493 e. The highest BCUT2D eigenvalue weighted by molar-refractivity contribution is 6.31. The Bertz CT molecular complexity index is 632. The molecule has 1 N–H and O–H groups in total. The van der Waals surface area contributed by atoms with Crippen LogP contribution in [0.15, 0.2) is 36.4 Å². The number of halogens is 2. The summed E-state index contributed by atoms with van der Waals surface area (Å²) in [6, 6.07) is 10.2. The molecule has 0 fully saturated rings. The molecule has 0 saturated carbocycles. The molecule has 124 valence electrons. The molecule has 0 aromatic heterocycles. The van der Waals surface area contributed by atoms with Crippen LogP contribution in [0.4, 0.5) is 4.39 Å². The van der Waals surface area contributed by atoms with E-state index in [-0.39, 0.29) is 5.82 Å². The Hall–Kier alpha value is -1.78. The standard InChI is InChI=1S/C18H21ClFNO2/c1-3-23-18-10-14(16(19)11-17(18)22-2)12-21-9-8-13-4-6-15(20)7-5-13/h4-7,10-11,21H,3,8-9,12H2,1-2H3. The van der Waals surface area contributed by atoms with Crippen molar-refractivity contribution in [3.05, 3.63) is 58.4 Å². The van der Waals surface area contributed by atoms with Gasteiger partial charge in [-0.3, -0.25) is 0 Å². The third-order valence-electron chi connectivity index (χ3n) is 3.45. The predicted octanol–water partition coefficient (Wildman–Crippen LogP) is 4.22. The zero-order valence-corrected chi connectivity index (χ0v) is 14.1. The molecule has 23 heavy (non-hydrogen) atoms. The van der Waals surface area contributed by atoms with E-state index < -0.39 is 0 Å². The Morgan fingerprint density at radius 2 is 1.87 bits per heavy atom. The summed E-state index contributed by atoms with van der Waals surface area (Å²) in [5, 5.41) is 3.98. The van der Waals surface area contributed by atoms with E-state index in [2.05, 4.69) is 5.32 Å². The van der Waals surface area contributed by atoms with Crippen LogP contribution in [0.1, 0.15) is 18.1 Å². The van der Waals surface area contributed by atoms with E-state index in [1.807, 2.05) is 13.0 Å². The fourth-order valence-electron chi connectivity index (χ4n) is 2.25. The van der Waals surface area contributed by atoms with Crippen molar-refractivity contribution in [3.63, 3.8) is 0 Å². The van der Waals surface area contributed by atoms with Gasteiger partial charge in [-0.15, -0.1) is 0 Å². The first-order valence-corrected chi connectivity index (χ1v) is 7.96. The van der Waals surface area contributed by atoms with E-state index >= 15 is 0 Å². The minimum absolute atomic E-state index is 0.213. The Morgan fingerprint density at radius 1 is 1.13 bits per heavy atom. The van der Waals surface area contributed by atoms with Crippen LogP contribution in [0.3, 0.4) is 0 Å². The first-order chi connectivity index (χ1) is 11.1. The van der Waals surface area contributed by atoms with Crippen LogP contribution >= 0.6 is 11.6 Å². The van der Waals surface area contributed by atoms with Gasteiger partial charge in [-0.25, -0.2) is 4.39 Å². The molecule has 2 rings (SSSR count). The van der Waals surface area contributed by atoms with E-state index in [4.69, 9.17) is 21.1 Å². The van der Waals surface area contributed by atoms with Gasteiger partial charge in [0.1, 0.15) is 5.82 Å². The van der Waals surface area contributed by atoms with Crippen molar-refractivity contribution in [1.29, 1.82) is 0 Å². The van der Waals surface area contributed by atoms with Gasteiger partial charge in [-0.1, -0.05) is 23.7 Å². The Labute approximate surface area is 141 Å². The summed E-state index contributed by atoms with van der Waals surface area (Å²) in [6.45, 7) is 3.89. The van der Waals surface area contributed by atoms with Crippen LogP contribution in [-0.4, -0.2) is 20.3 Å². The quantitative estimate of drug-likeness (QED) is 0.732. The minimum atomic E-state index is -0.213. The summed E-state index contributed by atoms with van der Waals surface area (Å²) in [6.07, 6.45) is 0.826. The lowest BCUT2D eigenvalue weighted by Gasteiger charge is -2.13. The summed E-state index contributed by atoms with van der Waals surface area (Å²) in [5.74, 6) is 1.11. The second-order valence-corrected chi connectivity index (χ2v) is 5.49. The maximum atomic E-state index is 12.9. The summed E-state index contributed by atoms with van der Waals surface area (Å²) in [5.41, 5.74) is 2.05. The second-order valence-electron chi connectivity index (χ2n) is 5.08. The molecule has 0 aliphatic carbocycles. The summed E-state index contributed by atoms with van der Waals surface area (Å²) >= 11 is 6.28. The topological polar surface area (TPSA) is 30.5 Å². The van der Waals surface area contributed by atoms with Gasteiger partial charge < -0.3 is 14.8 Å². The van der Waals surface area contributed by atoms with Crippen molar-refractivity contribution in [2.24, 2.45) is 0 Å². The molecule has 3 nitrogen and oxygen atoms in total. The fourth-order valence-corrected chi connectivity index (χ4v) is 2.47. The van der Waals surface area contributed by atoms with E-state index in [0.717, 1.165) is 24.1 Å². The van der Waals surface area contributed by atoms with E-state index in [1.165, 1.54) is 12.1 Å². The first-order valence-electron chi connectivity index (χ1n) is 7.58.